The lowest BCUT2D eigenvalue weighted by atomic mass is 10.1. The van der Waals surface area contributed by atoms with Crippen LogP contribution in [0.25, 0.3) is 11.3 Å². The Morgan fingerprint density at radius 2 is 2.08 bits per heavy atom. The number of anilines is 1. The van der Waals surface area contributed by atoms with Gasteiger partial charge in [-0.2, -0.15) is 5.10 Å². The van der Waals surface area contributed by atoms with E-state index in [4.69, 9.17) is 23.2 Å². The minimum absolute atomic E-state index is 0.580. The Hall–Kier alpha value is -1.40. The Balaban J connectivity index is 1.81. The highest BCUT2D eigenvalue weighted by Gasteiger charge is 2.09. The Kier molecular flexibility index (Phi) is 6.12. The maximum Gasteiger partial charge on any atom is 0.203 e. The van der Waals surface area contributed by atoms with Gasteiger partial charge in [0.15, 0.2) is 0 Å². The molecule has 0 bridgehead atoms. The first-order valence-corrected chi connectivity index (χ1v) is 9.99. The predicted octanol–water partition coefficient (Wildman–Crippen LogP) is 7.11. The number of aromatic nitrogens is 1. The average molecular weight is 455 g/mol. The van der Waals surface area contributed by atoms with Crippen LogP contribution in [0.15, 0.2) is 57.4 Å². The van der Waals surface area contributed by atoms with Gasteiger partial charge in [0.25, 0.3) is 0 Å². The van der Waals surface area contributed by atoms with Crippen molar-refractivity contribution in [3.8, 4) is 11.3 Å². The molecular formula is C18H14BrCl2N3S. The smallest absolute Gasteiger partial charge is 0.203 e. The van der Waals surface area contributed by atoms with Crippen molar-refractivity contribution in [3.05, 3.63) is 67.9 Å². The lowest BCUT2D eigenvalue weighted by Gasteiger charge is -2.05. The second kappa shape index (κ2) is 8.32. The summed E-state index contributed by atoms with van der Waals surface area (Å²) in [5.41, 5.74) is 6.72. The fraction of sp³-hybridized carbons (Fsp3) is 0.111. The molecular weight excluding hydrogens is 441 g/mol. The molecule has 0 unspecified atom stereocenters. The molecule has 0 saturated carbocycles. The summed E-state index contributed by atoms with van der Waals surface area (Å²) in [7, 11) is 0. The van der Waals surface area contributed by atoms with Crippen LogP contribution in [0, 0.1) is 0 Å². The van der Waals surface area contributed by atoms with Crippen LogP contribution in [0.4, 0.5) is 5.13 Å². The number of nitrogens with one attached hydrogen (secondary N) is 1. The molecule has 3 rings (SSSR count). The Bertz CT molecular complexity index is 924. The molecule has 25 heavy (non-hydrogen) atoms. The van der Waals surface area contributed by atoms with Crippen LogP contribution in [0.1, 0.15) is 18.9 Å². The van der Waals surface area contributed by atoms with E-state index >= 15 is 0 Å². The van der Waals surface area contributed by atoms with Crippen molar-refractivity contribution in [3.63, 3.8) is 0 Å². The highest BCUT2D eigenvalue weighted by atomic mass is 79.9. The molecule has 0 amide bonds. The number of hydrogen-bond donors (Lipinski definition) is 1. The van der Waals surface area contributed by atoms with E-state index in [9.17, 15) is 0 Å². The molecule has 2 aromatic carbocycles. The molecule has 0 radical (unpaired) electrons. The molecule has 3 nitrogen and oxygen atoms in total. The van der Waals surface area contributed by atoms with Gasteiger partial charge in [-0.3, -0.25) is 5.43 Å². The highest BCUT2D eigenvalue weighted by Crippen LogP contribution is 2.32. The van der Waals surface area contributed by atoms with Crippen LogP contribution in [-0.4, -0.2) is 10.7 Å². The topological polar surface area (TPSA) is 37.3 Å². The van der Waals surface area contributed by atoms with Gasteiger partial charge in [-0.15, -0.1) is 11.3 Å². The fourth-order valence-electron chi connectivity index (χ4n) is 2.28. The summed E-state index contributed by atoms with van der Waals surface area (Å²) in [5, 5.41) is 8.34. The first kappa shape index (κ1) is 18.4. The van der Waals surface area contributed by atoms with Crippen molar-refractivity contribution in [2.24, 2.45) is 5.10 Å². The number of benzene rings is 2. The molecule has 128 valence electrons. The minimum atomic E-state index is 0.580. The van der Waals surface area contributed by atoms with Crippen LogP contribution < -0.4 is 5.43 Å². The van der Waals surface area contributed by atoms with Gasteiger partial charge in [0.2, 0.25) is 5.13 Å². The van der Waals surface area contributed by atoms with Crippen molar-refractivity contribution in [1.82, 2.24) is 4.98 Å². The summed E-state index contributed by atoms with van der Waals surface area (Å²) in [6.07, 6.45) is 0.810. The largest absolute Gasteiger partial charge is 0.252 e. The van der Waals surface area contributed by atoms with Crippen molar-refractivity contribution >= 4 is 61.3 Å². The first-order chi connectivity index (χ1) is 12.1. The molecule has 1 aromatic heterocycles. The zero-order valence-electron chi connectivity index (χ0n) is 13.3. The Morgan fingerprint density at radius 3 is 2.80 bits per heavy atom. The molecule has 0 saturated heterocycles. The van der Waals surface area contributed by atoms with Gasteiger partial charge in [-0.25, -0.2) is 4.98 Å². The van der Waals surface area contributed by atoms with Crippen molar-refractivity contribution in [1.29, 1.82) is 0 Å². The summed E-state index contributed by atoms with van der Waals surface area (Å²) in [5.74, 6) is 0. The molecule has 0 aliphatic heterocycles. The Morgan fingerprint density at radius 1 is 1.24 bits per heavy atom. The predicted molar refractivity (Wildman–Crippen MR) is 112 cm³/mol. The van der Waals surface area contributed by atoms with Crippen LogP contribution in [0.5, 0.6) is 0 Å². The molecule has 0 atom stereocenters. The zero-order valence-corrected chi connectivity index (χ0v) is 17.2. The zero-order chi connectivity index (χ0) is 17.8. The second-order valence-electron chi connectivity index (χ2n) is 5.20. The highest BCUT2D eigenvalue weighted by molar-refractivity contribution is 9.10. The van der Waals surface area contributed by atoms with E-state index in [1.54, 1.807) is 12.1 Å². The first-order valence-electron chi connectivity index (χ1n) is 7.56. The van der Waals surface area contributed by atoms with Gasteiger partial charge in [0.1, 0.15) is 0 Å². The van der Waals surface area contributed by atoms with Crippen LogP contribution in [0.3, 0.4) is 0 Å². The van der Waals surface area contributed by atoms with E-state index in [0.717, 1.165) is 33.4 Å². The van der Waals surface area contributed by atoms with E-state index in [1.165, 1.54) is 11.3 Å². The van der Waals surface area contributed by atoms with E-state index in [-0.39, 0.29) is 0 Å². The summed E-state index contributed by atoms with van der Waals surface area (Å²) < 4.78 is 1.03. The summed E-state index contributed by atoms with van der Waals surface area (Å²) in [6.45, 7) is 2.07. The van der Waals surface area contributed by atoms with Gasteiger partial charge in [0, 0.05) is 20.4 Å². The molecule has 0 spiro atoms. The number of thiazole rings is 1. The second-order valence-corrected chi connectivity index (χ2v) is 7.81. The third-order valence-corrected chi connectivity index (χ3v) is 5.28. The van der Waals surface area contributed by atoms with Gasteiger partial charge >= 0.3 is 0 Å². The third kappa shape index (κ3) is 4.61. The van der Waals surface area contributed by atoms with Crippen LogP contribution in [0.2, 0.25) is 10.0 Å². The molecule has 0 aliphatic carbocycles. The number of rotatable bonds is 5. The fourth-order valence-corrected chi connectivity index (χ4v) is 3.83. The molecule has 0 fully saturated rings. The number of nitrogens with zero attached hydrogens (tertiary/aromatic N) is 2. The average Bonchev–Trinajstić information content (AvgIpc) is 3.04. The number of hydrogen-bond acceptors (Lipinski definition) is 4. The van der Waals surface area contributed by atoms with E-state index in [2.05, 4.69) is 38.4 Å². The van der Waals surface area contributed by atoms with E-state index in [1.807, 2.05) is 35.7 Å². The SMILES string of the molecule is CC/C(=N\Nc1nc(-c2ccc(Cl)cc2Cl)cs1)c1cccc(Br)c1. The van der Waals surface area contributed by atoms with Crippen LogP contribution >= 0.6 is 50.5 Å². The van der Waals surface area contributed by atoms with E-state index < -0.39 is 0 Å². The van der Waals surface area contributed by atoms with Crippen molar-refractivity contribution in [2.45, 2.75) is 13.3 Å². The summed E-state index contributed by atoms with van der Waals surface area (Å²) in [6, 6.07) is 13.5. The normalized spacial score (nSPS) is 11.6. The standard InChI is InChI=1S/C18H14BrCl2N3S/c1-2-16(11-4-3-5-12(19)8-11)23-24-18-22-17(10-25-18)14-7-6-13(20)9-15(14)21/h3-10H,2H2,1H3,(H,22,24)/b23-16+. The van der Waals surface area contributed by atoms with Gasteiger partial charge in [-0.1, -0.05) is 58.2 Å². The van der Waals surface area contributed by atoms with Gasteiger partial charge < -0.3 is 0 Å². The van der Waals surface area contributed by atoms with E-state index in [0.29, 0.717) is 15.2 Å². The van der Waals surface area contributed by atoms with Crippen molar-refractivity contribution < 1.29 is 0 Å². The van der Waals surface area contributed by atoms with Gasteiger partial charge in [0.05, 0.1) is 16.4 Å². The monoisotopic (exact) mass is 453 g/mol. The maximum absolute atomic E-state index is 6.25. The number of hydrazone groups is 1. The molecule has 0 aliphatic rings. The van der Waals surface area contributed by atoms with Gasteiger partial charge in [-0.05, 0) is 42.3 Å². The van der Waals surface area contributed by atoms with Crippen molar-refractivity contribution in [2.75, 3.05) is 5.43 Å². The molecule has 1 heterocycles. The summed E-state index contributed by atoms with van der Waals surface area (Å²) >= 11 is 17.2. The lowest BCUT2D eigenvalue weighted by Crippen LogP contribution is -2.03. The maximum atomic E-state index is 6.25. The third-order valence-electron chi connectivity index (χ3n) is 3.49. The quantitative estimate of drug-likeness (QED) is 0.329. The summed E-state index contributed by atoms with van der Waals surface area (Å²) in [4.78, 5) is 4.55. The molecule has 3 aromatic rings. The molecule has 7 heteroatoms. The molecule has 1 N–H and O–H groups in total. The Labute approximate surface area is 168 Å². The van der Waals surface area contributed by atoms with Crippen LogP contribution in [-0.2, 0) is 0 Å². The number of halogens is 3. The minimum Gasteiger partial charge on any atom is -0.252 e. The lowest BCUT2D eigenvalue weighted by molar-refractivity contribution is 1.21.